The summed E-state index contributed by atoms with van der Waals surface area (Å²) in [7, 11) is 1.68. The van der Waals surface area contributed by atoms with Gasteiger partial charge in [0.1, 0.15) is 5.75 Å². The highest BCUT2D eigenvalue weighted by molar-refractivity contribution is 5.40. The van der Waals surface area contributed by atoms with Gasteiger partial charge in [0.05, 0.1) is 25.0 Å². The molecule has 0 aromatic carbocycles. The van der Waals surface area contributed by atoms with Crippen LogP contribution >= 0.6 is 0 Å². The first-order valence-electron chi connectivity index (χ1n) is 6.86. The van der Waals surface area contributed by atoms with Gasteiger partial charge in [0.2, 0.25) is 0 Å². The monoisotopic (exact) mass is 266 g/mol. The van der Waals surface area contributed by atoms with Gasteiger partial charge >= 0.3 is 0 Å². The van der Waals surface area contributed by atoms with E-state index in [1.54, 1.807) is 7.11 Å². The molecule has 0 aliphatic carbocycles. The Hall–Kier alpha value is -1.13. The van der Waals surface area contributed by atoms with Crippen LogP contribution in [0.2, 0.25) is 0 Å². The summed E-state index contributed by atoms with van der Waals surface area (Å²) >= 11 is 0. The topological polar surface area (TPSA) is 57.4 Å². The summed E-state index contributed by atoms with van der Waals surface area (Å²) in [6, 6.07) is 0. The average molecular weight is 266 g/mol. The van der Waals surface area contributed by atoms with E-state index in [4.69, 9.17) is 15.2 Å². The lowest BCUT2D eigenvalue weighted by molar-refractivity contribution is -0.0568. The van der Waals surface area contributed by atoms with E-state index in [1.165, 1.54) is 0 Å². The molecule has 1 rings (SSSR count). The summed E-state index contributed by atoms with van der Waals surface area (Å²) in [6.45, 7) is 9.22. The number of nitrogens with zero attached hydrogens (tertiary/aromatic N) is 1. The molecule has 0 radical (unpaired) electrons. The van der Waals surface area contributed by atoms with Gasteiger partial charge < -0.3 is 15.2 Å². The summed E-state index contributed by atoms with van der Waals surface area (Å²) in [4.78, 5) is 4.45. The minimum Gasteiger partial charge on any atom is -0.496 e. The number of nitrogens with two attached hydrogens (primary N) is 1. The lowest BCUT2D eigenvalue weighted by Gasteiger charge is -2.30. The lowest BCUT2D eigenvalue weighted by atomic mass is 9.97. The van der Waals surface area contributed by atoms with Gasteiger partial charge in [-0.15, -0.1) is 0 Å². The van der Waals surface area contributed by atoms with Crippen LogP contribution in [-0.2, 0) is 11.3 Å². The zero-order valence-corrected chi connectivity index (χ0v) is 12.7. The van der Waals surface area contributed by atoms with Crippen molar-refractivity contribution in [1.29, 1.82) is 0 Å². The van der Waals surface area contributed by atoms with Crippen molar-refractivity contribution in [3.05, 3.63) is 23.0 Å². The number of aromatic nitrogens is 1. The van der Waals surface area contributed by atoms with E-state index < -0.39 is 0 Å². The van der Waals surface area contributed by atoms with E-state index >= 15 is 0 Å². The summed E-state index contributed by atoms with van der Waals surface area (Å²) in [5.74, 6) is 0.889. The SMILES string of the molecule is CCC(CC)(CN)OCc1ncc(C)c(OC)c1C. The van der Waals surface area contributed by atoms with Gasteiger partial charge in [-0.2, -0.15) is 0 Å². The second kappa shape index (κ2) is 6.87. The summed E-state index contributed by atoms with van der Waals surface area (Å²) in [5, 5.41) is 0. The van der Waals surface area contributed by atoms with Crippen molar-refractivity contribution in [1.82, 2.24) is 4.98 Å². The van der Waals surface area contributed by atoms with Gasteiger partial charge in [0, 0.05) is 23.9 Å². The van der Waals surface area contributed by atoms with Crippen LogP contribution in [0.15, 0.2) is 6.20 Å². The van der Waals surface area contributed by atoms with Crippen molar-refractivity contribution < 1.29 is 9.47 Å². The van der Waals surface area contributed by atoms with Crippen molar-refractivity contribution in [3.8, 4) is 5.75 Å². The van der Waals surface area contributed by atoms with Crippen LogP contribution in [0.4, 0.5) is 0 Å². The van der Waals surface area contributed by atoms with Crippen molar-refractivity contribution in [3.63, 3.8) is 0 Å². The Morgan fingerprint density at radius 2 is 1.89 bits per heavy atom. The number of aryl methyl sites for hydroxylation is 1. The van der Waals surface area contributed by atoms with E-state index in [2.05, 4.69) is 18.8 Å². The molecule has 1 heterocycles. The van der Waals surface area contributed by atoms with Crippen LogP contribution in [0, 0.1) is 13.8 Å². The largest absolute Gasteiger partial charge is 0.496 e. The molecule has 0 bridgehead atoms. The molecule has 0 saturated carbocycles. The Bertz CT molecular complexity index is 407. The first-order chi connectivity index (χ1) is 9.03. The minimum atomic E-state index is -0.244. The maximum atomic E-state index is 6.04. The van der Waals surface area contributed by atoms with Gasteiger partial charge in [-0.05, 0) is 26.7 Å². The van der Waals surface area contributed by atoms with Crippen LogP contribution in [0.1, 0.15) is 43.5 Å². The van der Waals surface area contributed by atoms with Crippen molar-refractivity contribution in [2.75, 3.05) is 13.7 Å². The van der Waals surface area contributed by atoms with Gasteiger partial charge in [0.25, 0.3) is 0 Å². The highest BCUT2D eigenvalue weighted by Crippen LogP contribution is 2.26. The third-order valence-electron chi connectivity index (χ3n) is 3.93. The molecule has 108 valence electrons. The fourth-order valence-corrected chi connectivity index (χ4v) is 2.24. The molecule has 0 spiro atoms. The molecular formula is C15H26N2O2. The zero-order valence-electron chi connectivity index (χ0n) is 12.7. The number of ether oxygens (including phenoxy) is 2. The number of rotatable bonds is 7. The molecule has 1 aromatic rings. The standard InChI is InChI=1S/C15H26N2O2/c1-6-15(7-2,10-16)19-9-13-12(4)14(18-5)11(3)8-17-13/h8H,6-7,9-10,16H2,1-5H3. The van der Waals surface area contributed by atoms with Crippen LogP contribution < -0.4 is 10.5 Å². The molecule has 0 amide bonds. The van der Waals surface area contributed by atoms with Crippen LogP contribution in [-0.4, -0.2) is 24.2 Å². The Labute approximate surface area is 116 Å². The Balaban J connectivity index is 2.89. The van der Waals surface area contributed by atoms with E-state index in [0.29, 0.717) is 13.2 Å². The van der Waals surface area contributed by atoms with Gasteiger partial charge in [-0.25, -0.2) is 0 Å². The number of methoxy groups -OCH3 is 1. The average Bonchev–Trinajstić information content (AvgIpc) is 2.43. The maximum Gasteiger partial charge on any atom is 0.128 e. The maximum absolute atomic E-state index is 6.04. The van der Waals surface area contributed by atoms with E-state index in [9.17, 15) is 0 Å². The van der Waals surface area contributed by atoms with Crippen molar-refractivity contribution in [2.24, 2.45) is 5.73 Å². The summed E-state index contributed by atoms with van der Waals surface area (Å²) < 4.78 is 11.4. The van der Waals surface area contributed by atoms with Gasteiger partial charge in [0.15, 0.2) is 0 Å². The van der Waals surface area contributed by atoms with E-state index in [-0.39, 0.29) is 5.60 Å². The van der Waals surface area contributed by atoms with E-state index in [1.807, 2.05) is 20.0 Å². The number of hydrogen-bond donors (Lipinski definition) is 1. The molecule has 0 fully saturated rings. The summed E-state index contributed by atoms with van der Waals surface area (Å²) in [6.07, 6.45) is 3.64. The number of pyridine rings is 1. The Kier molecular flexibility index (Phi) is 5.76. The van der Waals surface area contributed by atoms with E-state index in [0.717, 1.165) is 35.4 Å². The minimum absolute atomic E-state index is 0.244. The molecule has 4 nitrogen and oxygen atoms in total. The normalized spacial score (nSPS) is 11.7. The first-order valence-corrected chi connectivity index (χ1v) is 6.86. The third kappa shape index (κ3) is 3.45. The molecule has 0 aliphatic heterocycles. The predicted molar refractivity (Wildman–Crippen MR) is 77.4 cm³/mol. The second-order valence-corrected chi connectivity index (χ2v) is 4.93. The fourth-order valence-electron chi connectivity index (χ4n) is 2.24. The third-order valence-corrected chi connectivity index (χ3v) is 3.93. The zero-order chi connectivity index (χ0) is 14.5. The van der Waals surface area contributed by atoms with Gasteiger partial charge in [-0.1, -0.05) is 13.8 Å². The molecule has 0 aliphatic rings. The van der Waals surface area contributed by atoms with Gasteiger partial charge in [-0.3, -0.25) is 4.98 Å². The molecule has 4 heteroatoms. The smallest absolute Gasteiger partial charge is 0.128 e. The Morgan fingerprint density at radius 1 is 1.26 bits per heavy atom. The molecule has 1 aromatic heterocycles. The fraction of sp³-hybridized carbons (Fsp3) is 0.667. The van der Waals surface area contributed by atoms with Crippen LogP contribution in [0.3, 0.4) is 0 Å². The van der Waals surface area contributed by atoms with Crippen LogP contribution in [0.5, 0.6) is 5.75 Å². The lowest BCUT2D eigenvalue weighted by Crippen LogP contribution is -2.39. The molecule has 0 saturated heterocycles. The highest BCUT2D eigenvalue weighted by Gasteiger charge is 2.25. The first kappa shape index (κ1) is 15.9. The van der Waals surface area contributed by atoms with Crippen LogP contribution in [0.25, 0.3) is 0 Å². The second-order valence-electron chi connectivity index (χ2n) is 4.93. The van der Waals surface area contributed by atoms with Crippen molar-refractivity contribution >= 4 is 0 Å². The molecular weight excluding hydrogens is 240 g/mol. The highest BCUT2D eigenvalue weighted by atomic mass is 16.5. The van der Waals surface area contributed by atoms with Crippen molar-refractivity contribution in [2.45, 2.75) is 52.7 Å². The predicted octanol–water partition coefficient (Wildman–Crippen LogP) is 2.74. The summed E-state index contributed by atoms with van der Waals surface area (Å²) in [5.41, 5.74) is 8.60. The molecule has 0 atom stereocenters. The molecule has 0 unspecified atom stereocenters. The molecule has 19 heavy (non-hydrogen) atoms. The quantitative estimate of drug-likeness (QED) is 0.824. The number of hydrogen-bond acceptors (Lipinski definition) is 4. The molecule has 2 N–H and O–H groups in total. The Morgan fingerprint density at radius 3 is 2.37 bits per heavy atom.